The molecule has 104 valence electrons. The molecule has 0 unspecified atom stereocenters. The van der Waals surface area contributed by atoms with Gasteiger partial charge in [-0.1, -0.05) is 33.6 Å². The Kier molecular flexibility index (Phi) is 5.38. The maximum Gasteiger partial charge on any atom is 0.339 e. The summed E-state index contributed by atoms with van der Waals surface area (Å²) < 4.78 is 11.4. The van der Waals surface area contributed by atoms with E-state index in [-0.39, 0.29) is 13.2 Å². The van der Waals surface area contributed by atoms with Gasteiger partial charge < -0.3 is 9.47 Å². The first-order chi connectivity index (χ1) is 9.65. The molecule has 6 heteroatoms. The van der Waals surface area contributed by atoms with Crippen LogP contribution in [0.4, 0.5) is 0 Å². The van der Waals surface area contributed by atoms with Gasteiger partial charge in [-0.3, -0.25) is 0 Å². The maximum absolute atomic E-state index is 11.7. The summed E-state index contributed by atoms with van der Waals surface area (Å²) in [5.74, 6) is 0.260. The van der Waals surface area contributed by atoms with Gasteiger partial charge in [-0.15, -0.1) is 0 Å². The zero-order chi connectivity index (χ0) is 14.4. The smallest absolute Gasteiger partial charge is 0.339 e. The minimum Gasteiger partial charge on any atom is -0.490 e. The molecular formula is C14H11BrClNO3. The Morgan fingerprint density at radius 2 is 2.10 bits per heavy atom. The number of hydrogen-bond donors (Lipinski definition) is 0. The van der Waals surface area contributed by atoms with Gasteiger partial charge in [0, 0.05) is 10.7 Å². The van der Waals surface area contributed by atoms with E-state index in [9.17, 15) is 4.79 Å². The molecule has 0 bridgehead atoms. The van der Waals surface area contributed by atoms with Crippen molar-refractivity contribution >= 4 is 33.5 Å². The number of carbonyl (C=O) groups excluding carboxylic acids is 1. The summed E-state index contributed by atoms with van der Waals surface area (Å²) in [6.45, 7) is 0.442. The van der Waals surface area contributed by atoms with Crippen LogP contribution < -0.4 is 4.74 Å². The first-order valence-electron chi connectivity index (χ1n) is 5.82. The third-order valence-electron chi connectivity index (χ3n) is 2.34. The van der Waals surface area contributed by atoms with Gasteiger partial charge in [0.2, 0.25) is 0 Å². The number of carbonyl (C=O) groups is 1. The number of rotatable bonds is 5. The Morgan fingerprint density at radius 3 is 2.80 bits per heavy atom. The average molecular weight is 357 g/mol. The van der Waals surface area contributed by atoms with E-state index in [1.165, 1.54) is 12.3 Å². The van der Waals surface area contributed by atoms with Crippen molar-refractivity contribution in [3.8, 4) is 5.75 Å². The fourth-order valence-corrected chi connectivity index (χ4v) is 1.92. The molecule has 0 aliphatic carbocycles. The quantitative estimate of drug-likeness (QED) is 0.465. The van der Waals surface area contributed by atoms with Crippen LogP contribution in [-0.2, 0) is 4.74 Å². The number of esters is 1. The third kappa shape index (κ3) is 4.51. The van der Waals surface area contributed by atoms with Gasteiger partial charge in [0.15, 0.2) is 0 Å². The SMILES string of the molecule is O=C(OCCOc1cccc(Br)c1)c1ccc(Cl)nc1. The van der Waals surface area contributed by atoms with E-state index in [2.05, 4.69) is 20.9 Å². The van der Waals surface area contributed by atoms with E-state index < -0.39 is 5.97 Å². The van der Waals surface area contributed by atoms with E-state index in [1.807, 2.05) is 24.3 Å². The maximum atomic E-state index is 11.7. The van der Waals surface area contributed by atoms with Crippen LogP contribution in [-0.4, -0.2) is 24.2 Å². The van der Waals surface area contributed by atoms with Gasteiger partial charge >= 0.3 is 5.97 Å². The lowest BCUT2D eigenvalue weighted by atomic mass is 10.3. The second-order valence-corrected chi connectivity index (χ2v) is 5.11. The van der Waals surface area contributed by atoms with Gasteiger partial charge in [-0.05, 0) is 30.3 Å². The molecule has 0 aliphatic heterocycles. The Hall–Kier alpha value is -1.59. The molecule has 0 amide bonds. The predicted molar refractivity (Wildman–Crippen MR) is 79.2 cm³/mol. The molecule has 2 rings (SSSR count). The van der Waals surface area contributed by atoms with Crippen LogP contribution in [0.1, 0.15) is 10.4 Å². The van der Waals surface area contributed by atoms with Crippen molar-refractivity contribution in [2.75, 3.05) is 13.2 Å². The predicted octanol–water partition coefficient (Wildman–Crippen LogP) is 3.73. The van der Waals surface area contributed by atoms with Crippen LogP contribution in [0, 0.1) is 0 Å². The van der Waals surface area contributed by atoms with Crippen molar-refractivity contribution in [2.24, 2.45) is 0 Å². The Labute approximate surface area is 129 Å². The molecule has 1 aromatic carbocycles. The minimum absolute atomic E-state index is 0.161. The van der Waals surface area contributed by atoms with Crippen molar-refractivity contribution in [3.63, 3.8) is 0 Å². The van der Waals surface area contributed by atoms with E-state index >= 15 is 0 Å². The van der Waals surface area contributed by atoms with Crippen molar-refractivity contribution in [1.82, 2.24) is 4.98 Å². The third-order valence-corrected chi connectivity index (χ3v) is 3.06. The molecule has 4 nitrogen and oxygen atoms in total. The molecular weight excluding hydrogens is 346 g/mol. The van der Waals surface area contributed by atoms with Crippen LogP contribution >= 0.6 is 27.5 Å². The van der Waals surface area contributed by atoms with Crippen LogP contribution in [0.3, 0.4) is 0 Å². The van der Waals surface area contributed by atoms with Crippen molar-refractivity contribution in [2.45, 2.75) is 0 Å². The Balaban J connectivity index is 1.76. The van der Waals surface area contributed by atoms with E-state index in [0.29, 0.717) is 16.5 Å². The lowest BCUT2D eigenvalue weighted by molar-refractivity contribution is 0.0450. The molecule has 1 aromatic heterocycles. The molecule has 0 atom stereocenters. The lowest BCUT2D eigenvalue weighted by Crippen LogP contribution is -2.12. The molecule has 1 heterocycles. The van der Waals surface area contributed by atoms with Gasteiger partial charge in [-0.2, -0.15) is 0 Å². The highest BCUT2D eigenvalue weighted by molar-refractivity contribution is 9.10. The number of halogens is 2. The van der Waals surface area contributed by atoms with E-state index in [4.69, 9.17) is 21.1 Å². The normalized spacial score (nSPS) is 10.1. The minimum atomic E-state index is -0.452. The first kappa shape index (κ1) is 14.8. The fraction of sp³-hybridized carbons (Fsp3) is 0.143. The summed E-state index contributed by atoms with van der Waals surface area (Å²) >= 11 is 8.98. The number of ether oxygens (including phenoxy) is 2. The van der Waals surface area contributed by atoms with Crippen LogP contribution in [0.2, 0.25) is 5.15 Å². The number of aromatic nitrogens is 1. The first-order valence-corrected chi connectivity index (χ1v) is 6.99. The van der Waals surface area contributed by atoms with Gasteiger partial charge in [0.1, 0.15) is 24.1 Å². The van der Waals surface area contributed by atoms with Crippen molar-refractivity contribution in [3.05, 3.63) is 57.8 Å². The van der Waals surface area contributed by atoms with Gasteiger partial charge in [-0.25, -0.2) is 9.78 Å². The van der Waals surface area contributed by atoms with Gasteiger partial charge in [0.05, 0.1) is 5.56 Å². The number of pyridine rings is 1. The highest BCUT2D eigenvalue weighted by Gasteiger charge is 2.07. The Bertz CT molecular complexity index is 589. The molecule has 20 heavy (non-hydrogen) atoms. The monoisotopic (exact) mass is 355 g/mol. The summed E-state index contributed by atoms with van der Waals surface area (Å²) in [6.07, 6.45) is 1.37. The summed E-state index contributed by atoms with van der Waals surface area (Å²) in [4.78, 5) is 15.5. The molecule has 0 N–H and O–H groups in total. The molecule has 0 fully saturated rings. The second kappa shape index (κ2) is 7.26. The van der Waals surface area contributed by atoms with Gasteiger partial charge in [0.25, 0.3) is 0 Å². The number of hydrogen-bond acceptors (Lipinski definition) is 4. The summed E-state index contributed by atoms with van der Waals surface area (Å²) in [7, 11) is 0. The lowest BCUT2D eigenvalue weighted by Gasteiger charge is -2.07. The Morgan fingerprint density at radius 1 is 1.25 bits per heavy atom. The molecule has 2 aromatic rings. The molecule has 0 saturated heterocycles. The highest BCUT2D eigenvalue weighted by atomic mass is 79.9. The van der Waals surface area contributed by atoms with E-state index in [1.54, 1.807) is 6.07 Å². The van der Waals surface area contributed by atoms with Crippen LogP contribution in [0.15, 0.2) is 47.1 Å². The molecule has 0 saturated carbocycles. The van der Waals surface area contributed by atoms with Crippen LogP contribution in [0.25, 0.3) is 0 Å². The van der Waals surface area contributed by atoms with Crippen molar-refractivity contribution < 1.29 is 14.3 Å². The average Bonchev–Trinajstić information content (AvgIpc) is 2.44. The topological polar surface area (TPSA) is 48.4 Å². The van der Waals surface area contributed by atoms with Crippen LogP contribution in [0.5, 0.6) is 5.75 Å². The second-order valence-electron chi connectivity index (χ2n) is 3.81. The summed E-state index contributed by atoms with van der Waals surface area (Å²) in [5, 5.41) is 0.333. The van der Waals surface area contributed by atoms with E-state index in [0.717, 1.165) is 4.47 Å². The molecule has 0 radical (unpaired) electrons. The fourth-order valence-electron chi connectivity index (χ4n) is 1.43. The zero-order valence-corrected chi connectivity index (χ0v) is 12.7. The summed E-state index contributed by atoms with van der Waals surface area (Å²) in [6, 6.07) is 10.5. The zero-order valence-electron chi connectivity index (χ0n) is 10.4. The standard InChI is InChI=1S/C14H11BrClNO3/c15-11-2-1-3-12(8-11)19-6-7-20-14(18)10-4-5-13(16)17-9-10/h1-5,8-9H,6-7H2. The number of benzene rings is 1. The van der Waals surface area contributed by atoms with Crippen molar-refractivity contribution in [1.29, 1.82) is 0 Å². The highest BCUT2D eigenvalue weighted by Crippen LogP contribution is 2.17. The number of nitrogens with zero attached hydrogens (tertiary/aromatic N) is 1. The molecule has 0 aliphatic rings. The molecule has 0 spiro atoms. The largest absolute Gasteiger partial charge is 0.490 e. The summed E-state index contributed by atoms with van der Waals surface area (Å²) in [5.41, 5.74) is 0.358.